The van der Waals surface area contributed by atoms with E-state index in [2.05, 4.69) is 30.4 Å². The Balaban J connectivity index is 1.19. The highest BCUT2D eigenvalue weighted by molar-refractivity contribution is 6.01. The monoisotopic (exact) mass is 626 g/mol. The molecule has 6 rings (SSSR count). The summed E-state index contributed by atoms with van der Waals surface area (Å²) in [5, 5.41) is 10.0. The number of piperazine rings is 1. The van der Waals surface area contributed by atoms with Crippen molar-refractivity contribution in [2.24, 2.45) is 0 Å². The Bertz CT molecular complexity index is 1720. The molecule has 4 N–H and O–H groups in total. The van der Waals surface area contributed by atoms with Crippen LogP contribution in [-0.4, -0.2) is 93.8 Å². The molecule has 0 spiro atoms. The van der Waals surface area contributed by atoms with Crippen LogP contribution >= 0.6 is 0 Å². The Morgan fingerprint density at radius 1 is 1.00 bits per heavy atom. The third kappa shape index (κ3) is 6.55. The van der Waals surface area contributed by atoms with E-state index in [4.69, 9.17) is 10.8 Å². The lowest BCUT2D eigenvalue weighted by Gasteiger charge is -2.33. The predicted octanol–water partition coefficient (Wildman–Crippen LogP) is 4.50. The molecule has 15 heteroatoms. The van der Waals surface area contributed by atoms with Gasteiger partial charge in [-0.1, -0.05) is 12.1 Å². The topological polar surface area (TPSA) is 120 Å². The summed E-state index contributed by atoms with van der Waals surface area (Å²) in [7, 11) is 4.00. The van der Waals surface area contributed by atoms with Crippen LogP contribution in [0.3, 0.4) is 0 Å². The minimum absolute atomic E-state index is 0.0637. The summed E-state index contributed by atoms with van der Waals surface area (Å²) in [6, 6.07) is 7.01. The number of hydrogen-bond donors (Lipinski definition) is 3. The Labute approximate surface area is 257 Å². The van der Waals surface area contributed by atoms with Gasteiger partial charge in [-0.05, 0) is 50.3 Å². The summed E-state index contributed by atoms with van der Waals surface area (Å²) in [6.45, 7) is 4.71. The van der Waals surface area contributed by atoms with Crippen molar-refractivity contribution < 1.29 is 22.4 Å². The summed E-state index contributed by atoms with van der Waals surface area (Å²) >= 11 is 0. The third-order valence-corrected chi connectivity index (χ3v) is 8.38. The van der Waals surface area contributed by atoms with Gasteiger partial charge in [0.2, 0.25) is 0 Å². The SMILES string of the molecule is CN1CCN(Cc2ccc(NC(=O)Nc3ccc(-c4nn(C5CCN(C)C5)c5ncnc(N)c45)cc3F)cc2C(F)(F)F)CC1. The van der Waals surface area contributed by atoms with Crippen molar-refractivity contribution in [3.8, 4) is 11.3 Å². The lowest BCUT2D eigenvalue weighted by molar-refractivity contribution is -0.138. The molecule has 2 aliphatic heterocycles. The molecule has 0 bridgehead atoms. The Hall–Kier alpha value is -4.34. The zero-order valence-corrected chi connectivity index (χ0v) is 24.9. The van der Waals surface area contributed by atoms with E-state index < -0.39 is 23.6 Å². The van der Waals surface area contributed by atoms with Gasteiger partial charge in [0.05, 0.1) is 22.7 Å². The number of nitrogens with zero attached hydrogens (tertiary/aromatic N) is 7. The average molecular weight is 627 g/mol. The van der Waals surface area contributed by atoms with Crippen LogP contribution < -0.4 is 16.4 Å². The smallest absolute Gasteiger partial charge is 0.383 e. The molecule has 45 heavy (non-hydrogen) atoms. The fraction of sp³-hybridized carbons (Fsp3) is 0.400. The number of carbonyl (C=O) groups is 1. The second kappa shape index (κ2) is 12.2. The van der Waals surface area contributed by atoms with E-state index in [1.807, 2.05) is 19.0 Å². The number of anilines is 3. The first-order chi connectivity index (χ1) is 21.5. The molecular formula is C30H34F4N10O. The molecule has 4 aromatic rings. The van der Waals surface area contributed by atoms with Crippen LogP contribution in [0.4, 0.5) is 39.5 Å². The van der Waals surface area contributed by atoms with Crippen molar-refractivity contribution in [1.82, 2.24) is 34.4 Å². The highest BCUT2D eigenvalue weighted by Crippen LogP contribution is 2.36. The molecule has 0 saturated carbocycles. The number of likely N-dealkylation sites (tertiary alicyclic amines) is 1. The molecule has 11 nitrogen and oxygen atoms in total. The quantitative estimate of drug-likeness (QED) is 0.268. The van der Waals surface area contributed by atoms with E-state index >= 15 is 4.39 Å². The zero-order chi connectivity index (χ0) is 31.9. The van der Waals surface area contributed by atoms with Crippen LogP contribution in [0.15, 0.2) is 42.7 Å². The molecule has 0 aliphatic carbocycles. The van der Waals surface area contributed by atoms with Gasteiger partial charge >= 0.3 is 12.2 Å². The molecule has 238 valence electrons. The predicted molar refractivity (Wildman–Crippen MR) is 163 cm³/mol. The van der Waals surface area contributed by atoms with Gasteiger partial charge in [0.1, 0.15) is 23.7 Å². The van der Waals surface area contributed by atoms with Gasteiger partial charge in [0, 0.05) is 57.1 Å². The third-order valence-electron chi connectivity index (χ3n) is 8.38. The van der Waals surface area contributed by atoms with Gasteiger partial charge in [-0.2, -0.15) is 18.3 Å². The molecule has 2 amide bonds. The maximum absolute atomic E-state index is 15.3. The number of halogens is 4. The molecule has 2 aliphatic rings. The maximum Gasteiger partial charge on any atom is 0.416 e. The first-order valence-corrected chi connectivity index (χ1v) is 14.6. The average Bonchev–Trinajstić information content (AvgIpc) is 3.60. The van der Waals surface area contributed by atoms with E-state index in [-0.39, 0.29) is 35.3 Å². The van der Waals surface area contributed by atoms with Gasteiger partial charge in [0.25, 0.3) is 0 Å². The molecule has 2 fully saturated rings. The van der Waals surface area contributed by atoms with Crippen LogP contribution in [-0.2, 0) is 12.7 Å². The van der Waals surface area contributed by atoms with Crippen molar-refractivity contribution in [1.29, 1.82) is 0 Å². The number of nitrogens with two attached hydrogens (primary N) is 1. The number of benzene rings is 2. The number of amides is 2. The van der Waals surface area contributed by atoms with Crippen molar-refractivity contribution in [3.63, 3.8) is 0 Å². The van der Waals surface area contributed by atoms with Crippen molar-refractivity contribution in [2.45, 2.75) is 25.2 Å². The van der Waals surface area contributed by atoms with E-state index in [0.717, 1.165) is 38.7 Å². The number of hydrogen-bond acceptors (Lipinski definition) is 8. The molecule has 4 heterocycles. The summed E-state index contributed by atoms with van der Waals surface area (Å²) < 4.78 is 59.0. The number of alkyl halides is 3. The highest BCUT2D eigenvalue weighted by Gasteiger charge is 2.34. The number of nitrogen functional groups attached to an aromatic ring is 1. The normalized spacial score (nSPS) is 18.5. The summed E-state index contributed by atoms with van der Waals surface area (Å²) in [6.07, 6.45) is -2.38. The molecule has 2 aromatic heterocycles. The summed E-state index contributed by atoms with van der Waals surface area (Å²) in [5.74, 6) is -0.553. The van der Waals surface area contributed by atoms with Gasteiger partial charge < -0.3 is 26.2 Å². The van der Waals surface area contributed by atoms with E-state index in [1.165, 1.54) is 30.6 Å². The molecular weight excluding hydrogens is 592 g/mol. The lowest BCUT2D eigenvalue weighted by atomic mass is 10.0. The molecule has 1 atom stereocenters. The van der Waals surface area contributed by atoms with Crippen LogP contribution in [0.1, 0.15) is 23.6 Å². The number of carbonyl (C=O) groups excluding carboxylic acids is 1. The van der Waals surface area contributed by atoms with Gasteiger partial charge in [-0.15, -0.1) is 0 Å². The summed E-state index contributed by atoms with van der Waals surface area (Å²) in [5.41, 5.74) is 6.62. The molecule has 2 saturated heterocycles. The van der Waals surface area contributed by atoms with Gasteiger partial charge in [0.15, 0.2) is 5.65 Å². The minimum Gasteiger partial charge on any atom is -0.383 e. The first kappa shape index (κ1) is 30.7. The number of rotatable bonds is 6. The van der Waals surface area contributed by atoms with Crippen LogP contribution in [0.5, 0.6) is 0 Å². The number of fused-ring (bicyclic) bond motifs is 1. The number of aromatic nitrogens is 4. The zero-order valence-electron chi connectivity index (χ0n) is 24.9. The largest absolute Gasteiger partial charge is 0.416 e. The van der Waals surface area contributed by atoms with E-state index in [0.29, 0.717) is 35.4 Å². The Morgan fingerprint density at radius 3 is 2.47 bits per heavy atom. The Kier molecular flexibility index (Phi) is 8.33. The van der Waals surface area contributed by atoms with Crippen molar-refractivity contribution >= 4 is 34.3 Å². The van der Waals surface area contributed by atoms with Crippen molar-refractivity contribution in [3.05, 3.63) is 59.7 Å². The lowest BCUT2D eigenvalue weighted by Crippen LogP contribution is -2.44. The maximum atomic E-state index is 15.3. The minimum atomic E-state index is -4.61. The van der Waals surface area contributed by atoms with Crippen molar-refractivity contribution in [2.75, 3.05) is 69.7 Å². The number of likely N-dealkylation sites (N-methyl/N-ethyl adjacent to an activating group) is 2. The summed E-state index contributed by atoms with van der Waals surface area (Å²) in [4.78, 5) is 27.5. The van der Waals surface area contributed by atoms with Gasteiger partial charge in [-0.25, -0.2) is 23.8 Å². The van der Waals surface area contributed by atoms with Crippen LogP contribution in [0.25, 0.3) is 22.3 Å². The Morgan fingerprint density at radius 2 is 1.78 bits per heavy atom. The number of nitrogens with one attached hydrogen (secondary N) is 2. The standard InChI is InChI=1S/C30H34F4N10O/c1-41-9-11-43(12-10-41)15-19-3-5-20(14-22(19)30(32,33)34)38-29(45)39-24-6-4-18(13-23(24)31)26-25-27(35)36-17-37-28(25)44(40-26)21-7-8-42(2)16-21/h3-6,13-14,17,21H,7-12,15-16H2,1-2H3,(H2,35,36,37)(H2,38,39,45). The van der Waals surface area contributed by atoms with Crippen LogP contribution in [0.2, 0.25) is 0 Å². The van der Waals surface area contributed by atoms with Crippen LogP contribution in [0, 0.1) is 5.82 Å². The number of urea groups is 1. The fourth-order valence-corrected chi connectivity index (χ4v) is 5.91. The molecule has 1 unspecified atom stereocenters. The second-order valence-corrected chi connectivity index (χ2v) is 11.7. The van der Waals surface area contributed by atoms with E-state index in [9.17, 15) is 18.0 Å². The first-order valence-electron chi connectivity index (χ1n) is 14.6. The molecule has 0 radical (unpaired) electrons. The van der Waals surface area contributed by atoms with Gasteiger partial charge in [-0.3, -0.25) is 4.90 Å². The fourth-order valence-electron chi connectivity index (χ4n) is 5.91. The van der Waals surface area contributed by atoms with E-state index in [1.54, 1.807) is 10.7 Å². The second-order valence-electron chi connectivity index (χ2n) is 11.7. The highest BCUT2D eigenvalue weighted by atomic mass is 19.4. The molecule has 2 aromatic carbocycles.